The molecule has 1 heterocycles. The fraction of sp³-hybridized carbons (Fsp3) is 0.500. The molecule has 106 valence electrons. The number of aromatic nitrogens is 1. The van der Waals surface area contributed by atoms with Crippen LogP contribution in [0, 0.1) is 0 Å². The highest BCUT2D eigenvalue weighted by molar-refractivity contribution is 5.98. The third kappa shape index (κ3) is 4.78. The summed E-state index contributed by atoms with van der Waals surface area (Å²) in [5.41, 5.74) is 5.13. The monoisotopic (exact) mass is 272 g/mol. The Hall–Kier alpha value is -1.76. The van der Waals surface area contributed by atoms with Crippen LogP contribution in [0.1, 0.15) is 24.2 Å². The third-order valence-electron chi connectivity index (χ3n) is 2.28. The lowest BCUT2D eigenvalue weighted by Gasteiger charge is -2.16. The first-order valence-corrected chi connectivity index (χ1v) is 5.93. The Morgan fingerprint density at radius 3 is 2.79 bits per heavy atom. The van der Waals surface area contributed by atoms with E-state index in [0.717, 1.165) is 0 Å². The first-order valence-electron chi connectivity index (χ1n) is 5.93. The van der Waals surface area contributed by atoms with Crippen molar-refractivity contribution >= 4 is 11.7 Å². The number of hydrogen-bond donors (Lipinski definition) is 3. The molecule has 0 aromatic carbocycles. The van der Waals surface area contributed by atoms with Crippen LogP contribution in [0.25, 0.3) is 0 Å². The molecule has 0 spiro atoms. The molecule has 1 amide bonds. The summed E-state index contributed by atoms with van der Waals surface area (Å²) in [7, 11) is 0. The summed E-state index contributed by atoms with van der Waals surface area (Å²) in [6.07, 6.45) is 1.52. The summed E-state index contributed by atoms with van der Waals surface area (Å²) in [5.74, 6) is -3.35. The molecule has 7 heteroatoms. The van der Waals surface area contributed by atoms with Crippen molar-refractivity contribution in [2.75, 3.05) is 18.4 Å². The van der Waals surface area contributed by atoms with E-state index in [9.17, 15) is 13.6 Å². The number of pyridine rings is 1. The molecule has 0 unspecified atom stereocenters. The zero-order chi connectivity index (χ0) is 14.5. The number of nitrogens with two attached hydrogens (primary N) is 1. The van der Waals surface area contributed by atoms with Crippen molar-refractivity contribution < 1.29 is 13.6 Å². The highest BCUT2D eigenvalue weighted by atomic mass is 19.3. The lowest BCUT2D eigenvalue weighted by molar-refractivity contribution is 0.0118. The molecule has 0 bridgehead atoms. The fourth-order valence-electron chi connectivity index (χ4n) is 1.35. The van der Waals surface area contributed by atoms with Gasteiger partial charge in [0.15, 0.2) is 0 Å². The second-order valence-electron chi connectivity index (χ2n) is 4.44. The van der Waals surface area contributed by atoms with Gasteiger partial charge < -0.3 is 16.4 Å². The molecular formula is C12H18F2N4O. The van der Waals surface area contributed by atoms with E-state index in [4.69, 9.17) is 5.73 Å². The molecule has 0 aliphatic carbocycles. The van der Waals surface area contributed by atoms with E-state index < -0.39 is 24.9 Å². The molecule has 0 atom stereocenters. The van der Waals surface area contributed by atoms with Gasteiger partial charge in [-0.2, -0.15) is 0 Å². The number of hydrogen-bond acceptors (Lipinski definition) is 4. The quantitative estimate of drug-likeness (QED) is 0.727. The smallest absolute Gasteiger partial charge is 0.277 e. The summed E-state index contributed by atoms with van der Waals surface area (Å²) < 4.78 is 25.9. The average Bonchev–Trinajstić information content (AvgIpc) is 2.36. The molecule has 1 rings (SSSR count). The molecule has 0 saturated carbocycles. The van der Waals surface area contributed by atoms with E-state index in [0.29, 0.717) is 5.82 Å². The maximum Gasteiger partial charge on any atom is 0.277 e. The van der Waals surface area contributed by atoms with Crippen LogP contribution in [-0.2, 0) is 0 Å². The molecular weight excluding hydrogens is 254 g/mol. The largest absolute Gasteiger partial charge is 0.367 e. The molecule has 0 aliphatic rings. The second-order valence-corrected chi connectivity index (χ2v) is 4.44. The maximum atomic E-state index is 13.0. The number of carbonyl (C=O) groups is 1. The van der Waals surface area contributed by atoms with Crippen molar-refractivity contribution in [2.24, 2.45) is 5.73 Å². The van der Waals surface area contributed by atoms with Gasteiger partial charge in [0, 0.05) is 12.2 Å². The summed E-state index contributed by atoms with van der Waals surface area (Å²) in [6.45, 7) is 2.17. The Morgan fingerprint density at radius 2 is 2.21 bits per heavy atom. The van der Waals surface area contributed by atoms with E-state index >= 15 is 0 Å². The van der Waals surface area contributed by atoms with Crippen LogP contribution in [0.3, 0.4) is 0 Å². The minimum Gasteiger partial charge on any atom is -0.367 e. The van der Waals surface area contributed by atoms with Gasteiger partial charge >= 0.3 is 0 Å². The topological polar surface area (TPSA) is 80.0 Å². The van der Waals surface area contributed by atoms with Gasteiger partial charge in [0.1, 0.15) is 5.82 Å². The van der Waals surface area contributed by atoms with Crippen LogP contribution in [0.2, 0.25) is 0 Å². The summed E-state index contributed by atoms with van der Waals surface area (Å²) in [5, 5.41) is 5.14. The number of carbonyl (C=O) groups excluding carboxylic acids is 1. The van der Waals surface area contributed by atoms with Crippen LogP contribution in [0.5, 0.6) is 0 Å². The Bertz CT molecular complexity index is 437. The van der Waals surface area contributed by atoms with Gasteiger partial charge in [-0.3, -0.25) is 4.79 Å². The molecule has 0 fully saturated rings. The van der Waals surface area contributed by atoms with E-state index in [-0.39, 0.29) is 11.6 Å². The normalized spacial score (nSPS) is 11.5. The van der Waals surface area contributed by atoms with Crippen LogP contribution < -0.4 is 16.4 Å². The Morgan fingerprint density at radius 1 is 1.53 bits per heavy atom. The number of anilines is 1. The standard InChI is InChI=1S/C12H18F2N4O/c1-8(2)18-10-9(4-3-5-16-10)11(19)17-7-12(13,14)6-15/h3-5,8H,6-7,15H2,1-2H3,(H,16,18)(H,17,19). The Kier molecular flexibility index (Phi) is 5.17. The molecule has 1 aromatic rings. The molecule has 0 aliphatic heterocycles. The number of alkyl halides is 2. The van der Waals surface area contributed by atoms with E-state index in [1.165, 1.54) is 12.3 Å². The van der Waals surface area contributed by atoms with Gasteiger partial charge in [0.2, 0.25) is 0 Å². The van der Waals surface area contributed by atoms with Crippen molar-refractivity contribution in [3.8, 4) is 0 Å². The highest BCUT2D eigenvalue weighted by Crippen LogP contribution is 2.14. The summed E-state index contributed by atoms with van der Waals surface area (Å²) in [6, 6.07) is 3.17. The number of halogens is 2. The molecule has 4 N–H and O–H groups in total. The van der Waals surface area contributed by atoms with E-state index in [1.807, 2.05) is 13.8 Å². The Labute approximate surface area is 110 Å². The van der Waals surface area contributed by atoms with E-state index in [2.05, 4.69) is 15.6 Å². The van der Waals surface area contributed by atoms with Crippen LogP contribution in [0.15, 0.2) is 18.3 Å². The summed E-state index contributed by atoms with van der Waals surface area (Å²) in [4.78, 5) is 15.9. The van der Waals surface area contributed by atoms with Crippen molar-refractivity contribution in [1.29, 1.82) is 0 Å². The predicted molar refractivity (Wildman–Crippen MR) is 69.3 cm³/mol. The summed E-state index contributed by atoms with van der Waals surface area (Å²) >= 11 is 0. The Balaban J connectivity index is 2.77. The van der Waals surface area contributed by atoms with E-state index in [1.54, 1.807) is 6.07 Å². The second kappa shape index (κ2) is 6.42. The van der Waals surface area contributed by atoms with Gasteiger partial charge in [0.25, 0.3) is 11.8 Å². The van der Waals surface area contributed by atoms with Crippen LogP contribution >= 0.6 is 0 Å². The molecule has 0 saturated heterocycles. The highest BCUT2D eigenvalue weighted by Gasteiger charge is 2.27. The van der Waals surface area contributed by atoms with Gasteiger partial charge in [-0.05, 0) is 26.0 Å². The number of nitrogens with zero attached hydrogens (tertiary/aromatic N) is 1. The third-order valence-corrected chi connectivity index (χ3v) is 2.28. The van der Waals surface area contributed by atoms with Gasteiger partial charge in [-0.25, -0.2) is 13.8 Å². The first-order chi connectivity index (χ1) is 8.85. The SMILES string of the molecule is CC(C)Nc1ncccc1C(=O)NCC(F)(F)CN. The molecule has 5 nitrogen and oxygen atoms in total. The number of nitrogens with one attached hydrogen (secondary N) is 2. The van der Waals surface area contributed by atoms with Gasteiger partial charge in [0.05, 0.1) is 18.7 Å². The zero-order valence-corrected chi connectivity index (χ0v) is 10.9. The van der Waals surface area contributed by atoms with Crippen molar-refractivity contribution in [3.63, 3.8) is 0 Å². The number of amides is 1. The lowest BCUT2D eigenvalue weighted by atomic mass is 10.2. The van der Waals surface area contributed by atoms with Gasteiger partial charge in [-0.15, -0.1) is 0 Å². The fourth-order valence-corrected chi connectivity index (χ4v) is 1.35. The van der Waals surface area contributed by atoms with Crippen LogP contribution in [0.4, 0.5) is 14.6 Å². The number of rotatable bonds is 6. The average molecular weight is 272 g/mol. The maximum absolute atomic E-state index is 13.0. The molecule has 0 radical (unpaired) electrons. The minimum atomic E-state index is -3.11. The zero-order valence-electron chi connectivity index (χ0n) is 10.9. The van der Waals surface area contributed by atoms with Crippen molar-refractivity contribution in [2.45, 2.75) is 25.8 Å². The predicted octanol–water partition coefficient (Wildman–Crippen LogP) is 1.23. The van der Waals surface area contributed by atoms with Crippen molar-refractivity contribution in [3.05, 3.63) is 23.9 Å². The van der Waals surface area contributed by atoms with Gasteiger partial charge in [-0.1, -0.05) is 0 Å². The molecule has 1 aromatic heterocycles. The molecule has 19 heavy (non-hydrogen) atoms. The van der Waals surface area contributed by atoms with Crippen molar-refractivity contribution in [1.82, 2.24) is 10.3 Å². The van der Waals surface area contributed by atoms with Crippen LogP contribution in [-0.4, -0.2) is 35.9 Å². The lowest BCUT2D eigenvalue weighted by Crippen LogP contribution is -2.41. The first kappa shape index (κ1) is 15.3. The minimum absolute atomic E-state index is 0.0759.